The van der Waals surface area contributed by atoms with Gasteiger partial charge in [0, 0.05) is 30.0 Å². The van der Waals surface area contributed by atoms with Gasteiger partial charge in [0.25, 0.3) is 5.91 Å². The number of aryl methyl sites for hydroxylation is 1. The third-order valence-corrected chi connectivity index (χ3v) is 3.56. The van der Waals surface area contributed by atoms with Crippen LogP contribution >= 0.6 is 0 Å². The largest absolute Gasteiger partial charge is 0.372 e. The monoisotopic (exact) mass is 271 g/mol. The molecule has 1 aliphatic rings. The second-order valence-electron chi connectivity index (χ2n) is 5.04. The van der Waals surface area contributed by atoms with E-state index >= 15 is 0 Å². The molecule has 0 bridgehead atoms. The molecule has 0 radical (unpaired) electrons. The quantitative estimate of drug-likeness (QED) is 0.932. The van der Waals surface area contributed by atoms with Gasteiger partial charge >= 0.3 is 0 Å². The van der Waals surface area contributed by atoms with Crippen LogP contribution in [0.3, 0.4) is 0 Å². The smallest absolute Gasteiger partial charge is 0.278 e. The van der Waals surface area contributed by atoms with Crippen molar-refractivity contribution in [2.24, 2.45) is 0 Å². The molecule has 1 fully saturated rings. The lowest BCUT2D eigenvalue weighted by Gasteiger charge is -2.17. The Hall–Kier alpha value is -2.30. The Bertz CT molecular complexity index is 598. The van der Waals surface area contributed by atoms with Crippen molar-refractivity contribution in [3.63, 3.8) is 0 Å². The van der Waals surface area contributed by atoms with E-state index in [2.05, 4.69) is 15.4 Å². The molecule has 20 heavy (non-hydrogen) atoms. The maximum atomic E-state index is 12.0. The molecule has 5 nitrogen and oxygen atoms in total. The Balaban J connectivity index is 1.69. The molecule has 1 saturated heterocycles. The number of anilines is 2. The van der Waals surface area contributed by atoms with Crippen LogP contribution in [-0.2, 0) is 0 Å². The summed E-state index contributed by atoms with van der Waals surface area (Å²) in [6, 6.07) is 7.91. The van der Waals surface area contributed by atoms with E-state index in [-0.39, 0.29) is 5.91 Å². The lowest BCUT2D eigenvalue weighted by atomic mass is 10.2. The summed E-state index contributed by atoms with van der Waals surface area (Å²) >= 11 is 0. The van der Waals surface area contributed by atoms with E-state index in [1.807, 2.05) is 24.3 Å². The molecule has 3 rings (SSSR count). The maximum Gasteiger partial charge on any atom is 0.278 e. The number of benzene rings is 1. The van der Waals surface area contributed by atoms with E-state index < -0.39 is 0 Å². The van der Waals surface area contributed by atoms with Crippen LogP contribution in [0.15, 0.2) is 35.1 Å². The van der Waals surface area contributed by atoms with Gasteiger partial charge in [0.1, 0.15) is 6.26 Å². The second kappa shape index (κ2) is 5.36. The summed E-state index contributed by atoms with van der Waals surface area (Å²) < 4.78 is 4.77. The number of nitrogens with zero attached hydrogens (tertiary/aromatic N) is 2. The fourth-order valence-corrected chi connectivity index (χ4v) is 2.43. The molecule has 5 heteroatoms. The molecule has 2 aromatic rings. The van der Waals surface area contributed by atoms with Gasteiger partial charge in [0.05, 0.1) is 0 Å². The highest BCUT2D eigenvalue weighted by Gasteiger charge is 2.14. The first-order chi connectivity index (χ1) is 9.74. The maximum absolute atomic E-state index is 12.0. The van der Waals surface area contributed by atoms with E-state index in [9.17, 15) is 4.79 Å². The summed E-state index contributed by atoms with van der Waals surface area (Å²) in [6.07, 6.45) is 3.97. The van der Waals surface area contributed by atoms with Gasteiger partial charge in [-0.3, -0.25) is 4.79 Å². The van der Waals surface area contributed by atoms with E-state index in [1.165, 1.54) is 24.8 Å². The van der Waals surface area contributed by atoms with Crippen LogP contribution in [0.4, 0.5) is 11.4 Å². The minimum absolute atomic E-state index is 0.245. The van der Waals surface area contributed by atoms with Gasteiger partial charge in [-0.1, -0.05) is 5.16 Å². The van der Waals surface area contributed by atoms with E-state index in [0.29, 0.717) is 5.69 Å². The Kier molecular flexibility index (Phi) is 3.41. The summed E-state index contributed by atoms with van der Waals surface area (Å²) in [6.45, 7) is 4.02. The molecule has 0 atom stereocenters. The highest BCUT2D eigenvalue weighted by atomic mass is 16.5. The van der Waals surface area contributed by atoms with Crippen LogP contribution < -0.4 is 10.2 Å². The van der Waals surface area contributed by atoms with Gasteiger partial charge in [0.2, 0.25) is 0 Å². The number of carbonyl (C=O) groups is 1. The van der Waals surface area contributed by atoms with Gasteiger partial charge in [-0.15, -0.1) is 0 Å². The predicted octanol–water partition coefficient (Wildman–Crippen LogP) is 2.84. The Labute approximate surface area is 117 Å². The van der Waals surface area contributed by atoms with Gasteiger partial charge in [-0.25, -0.2) is 0 Å². The van der Waals surface area contributed by atoms with Gasteiger partial charge in [-0.05, 0) is 44.0 Å². The van der Waals surface area contributed by atoms with Crippen LogP contribution in [0, 0.1) is 6.92 Å². The van der Waals surface area contributed by atoms with Crippen molar-refractivity contribution in [2.45, 2.75) is 19.8 Å². The van der Waals surface area contributed by atoms with Crippen molar-refractivity contribution < 1.29 is 9.32 Å². The van der Waals surface area contributed by atoms with Gasteiger partial charge in [0.15, 0.2) is 5.69 Å². The van der Waals surface area contributed by atoms with Crippen molar-refractivity contribution in [1.82, 2.24) is 5.16 Å². The topological polar surface area (TPSA) is 58.4 Å². The molecule has 1 aromatic heterocycles. The van der Waals surface area contributed by atoms with Crippen molar-refractivity contribution in [3.8, 4) is 0 Å². The van der Waals surface area contributed by atoms with Crippen LogP contribution in [0.1, 0.15) is 28.9 Å². The average Bonchev–Trinajstić information content (AvgIpc) is 3.10. The fourth-order valence-electron chi connectivity index (χ4n) is 2.43. The van der Waals surface area contributed by atoms with Crippen molar-refractivity contribution >= 4 is 17.3 Å². The third-order valence-electron chi connectivity index (χ3n) is 3.56. The molecule has 1 aromatic carbocycles. The highest BCUT2D eigenvalue weighted by molar-refractivity contribution is 6.03. The predicted molar refractivity (Wildman–Crippen MR) is 77.1 cm³/mol. The molecule has 0 aliphatic carbocycles. The van der Waals surface area contributed by atoms with Crippen LogP contribution in [0.2, 0.25) is 0 Å². The molecular weight excluding hydrogens is 254 g/mol. The normalized spacial score (nSPS) is 14.6. The first kappa shape index (κ1) is 12.7. The van der Waals surface area contributed by atoms with Crippen molar-refractivity contribution in [3.05, 3.63) is 41.8 Å². The summed E-state index contributed by atoms with van der Waals surface area (Å²) in [5.74, 6) is -0.245. The van der Waals surface area contributed by atoms with Crippen LogP contribution in [0.25, 0.3) is 0 Å². The van der Waals surface area contributed by atoms with E-state index in [1.54, 1.807) is 6.92 Å². The number of hydrogen-bond donors (Lipinski definition) is 1. The molecule has 0 saturated carbocycles. The Morgan fingerprint density at radius 1 is 1.25 bits per heavy atom. The highest BCUT2D eigenvalue weighted by Crippen LogP contribution is 2.22. The SMILES string of the molecule is Cc1conc1C(=O)Nc1ccc(N2CCCC2)cc1. The lowest BCUT2D eigenvalue weighted by molar-refractivity contribution is 0.101. The number of nitrogens with one attached hydrogen (secondary N) is 1. The Morgan fingerprint density at radius 3 is 2.55 bits per heavy atom. The zero-order valence-corrected chi connectivity index (χ0v) is 11.4. The summed E-state index contributed by atoms with van der Waals surface area (Å²) in [5.41, 5.74) is 3.03. The molecule has 0 unspecified atom stereocenters. The molecule has 0 spiro atoms. The molecule has 2 heterocycles. The van der Waals surface area contributed by atoms with Crippen molar-refractivity contribution in [1.29, 1.82) is 0 Å². The number of amides is 1. The molecular formula is C15H17N3O2. The average molecular weight is 271 g/mol. The summed E-state index contributed by atoms with van der Waals surface area (Å²) in [5, 5.41) is 6.52. The zero-order valence-electron chi connectivity index (χ0n) is 11.4. The third kappa shape index (κ3) is 2.52. The first-order valence-electron chi connectivity index (χ1n) is 6.81. The summed E-state index contributed by atoms with van der Waals surface area (Å²) in [4.78, 5) is 14.3. The lowest BCUT2D eigenvalue weighted by Crippen LogP contribution is -2.17. The van der Waals surface area contributed by atoms with Gasteiger partial charge in [-0.2, -0.15) is 0 Å². The summed E-state index contributed by atoms with van der Waals surface area (Å²) in [7, 11) is 0. The minimum atomic E-state index is -0.245. The molecule has 104 valence electrons. The fraction of sp³-hybridized carbons (Fsp3) is 0.333. The zero-order chi connectivity index (χ0) is 13.9. The molecule has 1 amide bonds. The second-order valence-corrected chi connectivity index (χ2v) is 5.04. The minimum Gasteiger partial charge on any atom is -0.372 e. The number of rotatable bonds is 3. The molecule has 1 N–H and O–H groups in total. The molecule has 1 aliphatic heterocycles. The van der Waals surface area contributed by atoms with Crippen LogP contribution in [-0.4, -0.2) is 24.2 Å². The number of hydrogen-bond acceptors (Lipinski definition) is 4. The first-order valence-corrected chi connectivity index (χ1v) is 6.81. The number of carbonyl (C=O) groups excluding carboxylic acids is 1. The van der Waals surface area contributed by atoms with Crippen LogP contribution in [0.5, 0.6) is 0 Å². The standard InChI is InChI=1S/C15H17N3O2/c1-11-10-20-17-14(11)15(19)16-12-4-6-13(7-5-12)18-8-2-3-9-18/h4-7,10H,2-3,8-9H2,1H3,(H,16,19). The Morgan fingerprint density at radius 2 is 1.95 bits per heavy atom. The van der Waals surface area contributed by atoms with Crippen molar-refractivity contribution in [2.75, 3.05) is 23.3 Å². The van der Waals surface area contributed by atoms with Gasteiger partial charge < -0.3 is 14.7 Å². The van der Waals surface area contributed by atoms with E-state index in [4.69, 9.17) is 4.52 Å². The van der Waals surface area contributed by atoms with E-state index in [0.717, 1.165) is 24.3 Å². The number of aromatic nitrogens is 1.